The highest BCUT2D eigenvalue weighted by Gasteiger charge is 2.62. The lowest BCUT2D eigenvalue weighted by Crippen LogP contribution is -2.60. The Labute approximate surface area is 310 Å². The van der Waals surface area contributed by atoms with Crippen molar-refractivity contribution in [2.24, 2.45) is 16.5 Å². The van der Waals surface area contributed by atoms with Crippen molar-refractivity contribution in [3.05, 3.63) is 72.3 Å². The van der Waals surface area contributed by atoms with E-state index in [-0.39, 0.29) is 31.4 Å². The number of carbonyl (C=O) groups is 4. The second kappa shape index (κ2) is 13.9. The van der Waals surface area contributed by atoms with Crippen LogP contribution in [0.1, 0.15) is 83.3 Å². The van der Waals surface area contributed by atoms with Gasteiger partial charge in [-0.1, -0.05) is 80.5 Å². The van der Waals surface area contributed by atoms with Crippen molar-refractivity contribution in [2.45, 2.75) is 107 Å². The van der Waals surface area contributed by atoms with Crippen LogP contribution in [0.5, 0.6) is 0 Å². The van der Waals surface area contributed by atoms with E-state index in [0.717, 1.165) is 41.5 Å². The minimum atomic E-state index is -3.89. The van der Waals surface area contributed by atoms with Gasteiger partial charge in [0.1, 0.15) is 35.5 Å². The summed E-state index contributed by atoms with van der Waals surface area (Å²) < 4.78 is 33.2. The van der Waals surface area contributed by atoms with Crippen molar-refractivity contribution in [1.29, 1.82) is 0 Å². The molecule has 14 heteroatoms. The first-order valence-electron chi connectivity index (χ1n) is 18.4. The number of fused-ring (bicyclic) bond motifs is 3. The Hall–Kier alpha value is -4.72. The molecule has 5 atom stereocenters. The number of likely N-dealkylation sites (tertiary alicyclic amines) is 1. The Morgan fingerprint density at radius 3 is 2.15 bits per heavy atom. The summed E-state index contributed by atoms with van der Waals surface area (Å²) in [5, 5.41) is 9.58. The first kappa shape index (κ1) is 36.6. The molecule has 0 aromatic heterocycles. The maximum atomic E-state index is 14.5. The third kappa shape index (κ3) is 7.29. The van der Waals surface area contributed by atoms with Gasteiger partial charge in [-0.15, -0.1) is 6.58 Å². The molecule has 2 aromatic carbocycles. The Kier molecular flexibility index (Phi) is 9.62. The Bertz CT molecular complexity index is 1920. The predicted octanol–water partition coefficient (Wildman–Crippen LogP) is 4.16. The highest BCUT2D eigenvalue weighted by molar-refractivity contribution is 7.91. The summed E-state index contributed by atoms with van der Waals surface area (Å²) in [6.07, 6.45) is 4.02. The fourth-order valence-corrected chi connectivity index (χ4v) is 8.84. The summed E-state index contributed by atoms with van der Waals surface area (Å²) in [6, 6.07) is 13.5. The van der Waals surface area contributed by atoms with Crippen LogP contribution in [0.25, 0.3) is 11.1 Å². The summed E-state index contributed by atoms with van der Waals surface area (Å²) in [6.45, 7) is 9.16. The minimum Gasteiger partial charge on any atom is -0.446 e. The summed E-state index contributed by atoms with van der Waals surface area (Å²) in [5.74, 6) is -2.34. The molecular weight excluding hydrogens is 699 g/mol. The molecule has 0 unspecified atom stereocenters. The zero-order valence-corrected chi connectivity index (χ0v) is 31.1. The highest BCUT2D eigenvalue weighted by atomic mass is 32.2. The molecule has 4 fully saturated rings. The fraction of sp³-hybridized carbons (Fsp3) is 0.513. The number of rotatable bonds is 12. The zero-order valence-electron chi connectivity index (χ0n) is 30.3. The van der Waals surface area contributed by atoms with Crippen LogP contribution in [0.4, 0.5) is 4.79 Å². The zero-order chi connectivity index (χ0) is 37.7. The molecular formula is C39H47N5O8S. The quantitative estimate of drug-likeness (QED) is 0.183. The maximum Gasteiger partial charge on any atom is 0.408 e. The first-order chi connectivity index (χ1) is 25.2. The number of amides is 4. The van der Waals surface area contributed by atoms with Gasteiger partial charge in [0, 0.05) is 17.5 Å². The lowest BCUT2D eigenvalue weighted by molar-refractivity contribution is -0.143. The fourth-order valence-electron chi connectivity index (χ4n) is 7.48. The number of benzene rings is 2. The third-order valence-corrected chi connectivity index (χ3v) is 12.8. The standard InChI is InChI=1S/C39H47N5O8S/c1-5-11-23-21-39(23,36(47)43-53(49,50)26-18-19-26)41-34(45)31-20-25(52-42-32-29-16-8-6-14-27(29)28-15-7-9-17-30(28)32)22-44(31)35(46)33(38(2,3)4)40-37(48)51-24-12-10-13-24/h5-9,14-17,23-26,31,33H,1,10-13,18-22H2,2-4H3,(H,40,48)(H,41,45)(H,43,47)/t23-,25-,31+,33-,39-/m1/s1. The lowest BCUT2D eigenvalue weighted by Gasteiger charge is -2.36. The molecule has 0 bridgehead atoms. The monoisotopic (exact) mass is 745 g/mol. The molecule has 2 aromatic rings. The SMILES string of the molecule is C=CC[C@@H]1C[C@]1(NC(=O)[C@@H]1C[C@@H](ON=C2c3ccccc3-c3ccccc32)CN1C(=O)[C@@H](NC(=O)OC1CCC1)C(C)(C)C)C(=O)NS(=O)(=O)C1CC1. The average molecular weight is 746 g/mol. The second-order valence-electron chi connectivity index (χ2n) is 16.0. The number of allylic oxidation sites excluding steroid dienone is 1. The number of alkyl carbamates (subject to hydrolysis) is 1. The predicted molar refractivity (Wildman–Crippen MR) is 197 cm³/mol. The molecule has 1 saturated heterocycles. The van der Waals surface area contributed by atoms with Gasteiger partial charge in [0.25, 0.3) is 5.91 Å². The van der Waals surface area contributed by atoms with Gasteiger partial charge in [-0.25, -0.2) is 13.2 Å². The van der Waals surface area contributed by atoms with Crippen LogP contribution in [0.15, 0.2) is 66.3 Å². The van der Waals surface area contributed by atoms with Gasteiger partial charge >= 0.3 is 6.09 Å². The van der Waals surface area contributed by atoms with Crippen LogP contribution in [-0.2, 0) is 34.0 Å². The highest BCUT2D eigenvalue weighted by Crippen LogP contribution is 2.47. The number of oxime groups is 1. The van der Waals surface area contributed by atoms with Gasteiger partial charge < -0.3 is 25.1 Å². The van der Waals surface area contributed by atoms with Gasteiger partial charge in [-0.05, 0) is 67.4 Å². The van der Waals surface area contributed by atoms with E-state index in [2.05, 4.69) is 27.1 Å². The topological polar surface area (TPSA) is 173 Å². The number of ether oxygens (including phenoxy) is 1. The molecule has 7 rings (SSSR count). The number of nitrogens with one attached hydrogen (secondary N) is 3. The minimum absolute atomic E-state index is 0.0330. The summed E-state index contributed by atoms with van der Waals surface area (Å²) in [7, 11) is -3.89. The van der Waals surface area contributed by atoms with Crippen LogP contribution in [0.3, 0.4) is 0 Å². The Balaban J connectivity index is 1.16. The van der Waals surface area contributed by atoms with E-state index >= 15 is 0 Å². The van der Waals surface area contributed by atoms with Crippen molar-refractivity contribution in [1.82, 2.24) is 20.3 Å². The van der Waals surface area contributed by atoms with Crippen molar-refractivity contribution in [3.8, 4) is 11.1 Å². The van der Waals surface area contributed by atoms with E-state index in [1.165, 1.54) is 4.90 Å². The smallest absolute Gasteiger partial charge is 0.408 e. The first-order valence-corrected chi connectivity index (χ1v) is 20.0. The Morgan fingerprint density at radius 2 is 1.60 bits per heavy atom. The molecule has 5 aliphatic rings. The summed E-state index contributed by atoms with van der Waals surface area (Å²) in [4.78, 5) is 62.9. The third-order valence-electron chi connectivity index (χ3n) is 11.0. The molecule has 13 nitrogen and oxygen atoms in total. The van der Waals surface area contributed by atoms with Crippen molar-refractivity contribution in [2.75, 3.05) is 6.54 Å². The van der Waals surface area contributed by atoms with E-state index in [9.17, 15) is 27.6 Å². The number of hydrogen-bond acceptors (Lipinski definition) is 9. The van der Waals surface area contributed by atoms with Gasteiger partial charge in [-0.2, -0.15) is 0 Å². The largest absolute Gasteiger partial charge is 0.446 e. The molecule has 3 N–H and O–H groups in total. The number of hydrogen-bond donors (Lipinski definition) is 3. The van der Waals surface area contributed by atoms with Crippen molar-refractivity contribution in [3.63, 3.8) is 0 Å². The van der Waals surface area contributed by atoms with Crippen LogP contribution in [0.2, 0.25) is 0 Å². The van der Waals surface area contributed by atoms with E-state index in [0.29, 0.717) is 25.0 Å². The number of sulfonamides is 1. The van der Waals surface area contributed by atoms with E-state index in [1.54, 1.807) is 6.08 Å². The second-order valence-corrected chi connectivity index (χ2v) is 17.9. The van der Waals surface area contributed by atoms with E-state index < -0.39 is 68.2 Å². The molecule has 4 aliphatic carbocycles. The number of carbonyl (C=O) groups excluding carboxylic acids is 4. The summed E-state index contributed by atoms with van der Waals surface area (Å²) in [5.41, 5.74) is 2.18. The van der Waals surface area contributed by atoms with Crippen LogP contribution >= 0.6 is 0 Å². The summed E-state index contributed by atoms with van der Waals surface area (Å²) >= 11 is 0. The van der Waals surface area contributed by atoms with Gasteiger partial charge in [0.2, 0.25) is 21.8 Å². The van der Waals surface area contributed by atoms with Gasteiger partial charge in [0.05, 0.1) is 11.8 Å². The number of nitrogens with zero attached hydrogens (tertiary/aromatic N) is 2. The van der Waals surface area contributed by atoms with E-state index in [1.807, 2.05) is 69.3 Å². The lowest BCUT2D eigenvalue weighted by atomic mass is 9.85. The molecule has 1 heterocycles. The Morgan fingerprint density at radius 1 is 0.981 bits per heavy atom. The molecule has 0 spiro atoms. The average Bonchev–Trinajstić information content (AvgIpc) is 4.00. The van der Waals surface area contributed by atoms with Gasteiger partial charge in [-0.3, -0.25) is 19.1 Å². The molecule has 282 valence electrons. The van der Waals surface area contributed by atoms with Crippen LogP contribution in [-0.4, -0.2) is 84.5 Å². The van der Waals surface area contributed by atoms with Crippen LogP contribution in [0, 0.1) is 11.3 Å². The molecule has 4 amide bonds. The maximum absolute atomic E-state index is 14.5. The molecule has 3 saturated carbocycles. The molecule has 1 aliphatic heterocycles. The van der Waals surface area contributed by atoms with Crippen LogP contribution < -0.4 is 15.4 Å². The normalized spacial score (nSPS) is 25.2. The van der Waals surface area contributed by atoms with E-state index in [4.69, 9.17) is 9.57 Å². The molecule has 0 radical (unpaired) electrons. The molecule has 53 heavy (non-hydrogen) atoms. The van der Waals surface area contributed by atoms with Gasteiger partial charge in [0.15, 0.2) is 0 Å². The van der Waals surface area contributed by atoms with Crippen molar-refractivity contribution < 1.29 is 37.2 Å². The van der Waals surface area contributed by atoms with Crippen molar-refractivity contribution >= 4 is 39.5 Å².